The minimum absolute atomic E-state index is 0.0169. The molecule has 0 radical (unpaired) electrons. The second-order valence-electron chi connectivity index (χ2n) is 6.15. The summed E-state index contributed by atoms with van der Waals surface area (Å²) in [4.78, 5) is 42.7. The number of nitrogens with zero attached hydrogens (tertiary/aromatic N) is 5. The van der Waals surface area contributed by atoms with Gasteiger partial charge in [-0.2, -0.15) is 5.10 Å². The predicted molar refractivity (Wildman–Crippen MR) is 93.4 cm³/mol. The zero-order valence-corrected chi connectivity index (χ0v) is 14.8. The van der Waals surface area contributed by atoms with Crippen LogP contribution in [0.2, 0.25) is 0 Å². The molecule has 1 aliphatic rings. The van der Waals surface area contributed by atoms with E-state index in [4.69, 9.17) is 0 Å². The van der Waals surface area contributed by atoms with Gasteiger partial charge in [-0.25, -0.2) is 14.1 Å². The lowest BCUT2D eigenvalue weighted by atomic mass is 10.4. The minimum atomic E-state index is -0.841. The van der Waals surface area contributed by atoms with Crippen molar-refractivity contribution in [3.05, 3.63) is 36.5 Å². The molecule has 3 heterocycles. The Hall–Kier alpha value is -3.30. The van der Waals surface area contributed by atoms with E-state index in [9.17, 15) is 18.8 Å². The Morgan fingerprint density at radius 2 is 2.22 bits per heavy atom. The second kappa shape index (κ2) is 7.94. The molecule has 10 heteroatoms. The van der Waals surface area contributed by atoms with Gasteiger partial charge >= 0.3 is 11.8 Å². The molecule has 0 unspecified atom stereocenters. The standard InChI is InChI=1S/C17H19FN6O3/c1-22(8-9-23-7-3-5-14(23)25)17(27)16(26)21-12-10-20-24(11-12)15-13(18)4-2-6-19-15/h2,4,6,10-11H,3,5,7-9H2,1H3,(H,21,26). The molecule has 1 N–H and O–H groups in total. The van der Waals surface area contributed by atoms with Crippen molar-refractivity contribution < 1.29 is 18.8 Å². The Kier molecular flexibility index (Phi) is 5.43. The van der Waals surface area contributed by atoms with Crippen molar-refractivity contribution in [2.24, 2.45) is 0 Å². The monoisotopic (exact) mass is 374 g/mol. The maximum Gasteiger partial charge on any atom is 0.313 e. The first-order valence-corrected chi connectivity index (χ1v) is 8.45. The van der Waals surface area contributed by atoms with E-state index in [0.717, 1.165) is 11.1 Å². The van der Waals surface area contributed by atoms with E-state index >= 15 is 0 Å². The van der Waals surface area contributed by atoms with Crippen molar-refractivity contribution in [2.45, 2.75) is 12.8 Å². The molecule has 0 saturated carbocycles. The van der Waals surface area contributed by atoms with Gasteiger partial charge in [-0.15, -0.1) is 0 Å². The van der Waals surface area contributed by atoms with Gasteiger partial charge in [0, 0.05) is 39.3 Å². The fourth-order valence-electron chi connectivity index (χ4n) is 2.72. The first-order valence-electron chi connectivity index (χ1n) is 8.45. The molecule has 0 bridgehead atoms. The quantitative estimate of drug-likeness (QED) is 0.765. The Morgan fingerprint density at radius 3 is 2.93 bits per heavy atom. The van der Waals surface area contributed by atoms with Crippen LogP contribution in [-0.2, 0) is 14.4 Å². The molecular weight excluding hydrogens is 355 g/mol. The van der Waals surface area contributed by atoms with Crippen LogP contribution in [0, 0.1) is 5.82 Å². The lowest BCUT2D eigenvalue weighted by molar-refractivity contribution is -0.142. The average molecular weight is 374 g/mol. The number of halogens is 1. The topological polar surface area (TPSA) is 100 Å². The van der Waals surface area contributed by atoms with Crippen molar-refractivity contribution in [3.8, 4) is 5.82 Å². The van der Waals surface area contributed by atoms with Crippen LogP contribution in [0.5, 0.6) is 0 Å². The number of amides is 3. The number of anilines is 1. The van der Waals surface area contributed by atoms with Crippen molar-refractivity contribution in [3.63, 3.8) is 0 Å². The molecule has 1 saturated heterocycles. The molecule has 0 spiro atoms. The van der Waals surface area contributed by atoms with Gasteiger partial charge in [-0.1, -0.05) is 0 Å². The molecule has 0 aromatic carbocycles. The first-order chi connectivity index (χ1) is 13.0. The van der Waals surface area contributed by atoms with E-state index in [2.05, 4.69) is 15.4 Å². The van der Waals surface area contributed by atoms with Crippen LogP contribution in [0.3, 0.4) is 0 Å². The number of rotatable bonds is 5. The zero-order chi connectivity index (χ0) is 19.4. The number of hydrogen-bond donors (Lipinski definition) is 1. The molecule has 1 aliphatic heterocycles. The fourth-order valence-corrected chi connectivity index (χ4v) is 2.72. The highest BCUT2D eigenvalue weighted by molar-refractivity contribution is 6.39. The summed E-state index contributed by atoms with van der Waals surface area (Å²) in [5.41, 5.74) is 0.238. The maximum atomic E-state index is 13.7. The molecule has 2 aromatic heterocycles. The predicted octanol–water partition coefficient (Wildman–Crippen LogP) is 0.426. The molecular formula is C17H19FN6O3. The van der Waals surface area contributed by atoms with Gasteiger partial charge in [0.2, 0.25) is 5.91 Å². The summed E-state index contributed by atoms with van der Waals surface area (Å²) < 4.78 is 14.9. The fraction of sp³-hybridized carbons (Fsp3) is 0.353. The Morgan fingerprint density at radius 1 is 1.41 bits per heavy atom. The number of carbonyl (C=O) groups is 3. The lowest BCUT2D eigenvalue weighted by Gasteiger charge is -2.21. The molecule has 2 aromatic rings. The molecule has 27 heavy (non-hydrogen) atoms. The number of hydrogen-bond acceptors (Lipinski definition) is 5. The van der Waals surface area contributed by atoms with Crippen LogP contribution in [0.4, 0.5) is 10.1 Å². The van der Waals surface area contributed by atoms with Crippen LogP contribution in [-0.4, -0.2) is 69.0 Å². The highest BCUT2D eigenvalue weighted by Crippen LogP contribution is 2.13. The lowest BCUT2D eigenvalue weighted by Crippen LogP contribution is -2.41. The Bertz CT molecular complexity index is 868. The van der Waals surface area contributed by atoms with Gasteiger partial charge in [0.25, 0.3) is 0 Å². The van der Waals surface area contributed by atoms with Gasteiger partial charge in [-0.3, -0.25) is 14.4 Å². The summed E-state index contributed by atoms with van der Waals surface area (Å²) in [5.74, 6) is -2.10. The number of likely N-dealkylation sites (tertiary alicyclic amines) is 1. The third-order valence-corrected chi connectivity index (χ3v) is 4.21. The highest BCUT2D eigenvalue weighted by atomic mass is 19.1. The van der Waals surface area contributed by atoms with Gasteiger partial charge < -0.3 is 15.1 Å². The summed E-state index contributed by atoms with van der Waals surface area (Å²) in [6.07, 6.45) is 5.42. The number of carbonyl (C=O) groups excluding carboxylic acids is 3. The molecule has 1 fully saturated rings. The van der Waals surface area contributed by atoms with Gasteiger partial charge in [0.1, 0.15) is 0 Å². The van der Waals surface area contributed by atoms with Gasteiger partial charge in [-0.05, 0) is 18.6 Å². The number of nitrogens with one attached hydrogen (secondary N) is 1. The summed E-state index contributed by atoms with van der Waals surface area (Å²) in [6.45, 7) is 1.33. The van der Waals surface area contributed by atoms with Gasteiger partial charge in [0.15, 0.2) is 11.6 Å². The SMILES string of the molecule is CN(CCN1CCCC1=O)C(=O)C(=O)Nc1cnn(-c2ncccc2F)c1. The zero-order valence-electron chi connectivity index (χ0n) is 14.8. The highest BCUT2D eigenvalue weighted by Gasteiger charge is 2.23. The van der Waals surface area contributed by atoms with E-state index in [-0.39, 0.29) is 24.0 Å². The van der Waals surface area contributed by atoms with Crippen LogP contribution < -0.4 is 5.32 Å². The van der Waals surface area contributed by atoms with E-state index in [0.29, 0.717) is 19.5 Å². The Balaban J connectivity index is 1.56. The molecule has 9 nitrogen and oxygen atoms in total. The average Bonchev–Trinajstić information content (AvgIpc) is 3.28. The molecule has 3 rings (SSSR count). The molecule has 0 aliphatic carbocycles. The van der Waals surface area contributed by atoms with Crippen molar-refractivity contribution >= 4 is 23.4 Å². The third-order valence-electron chi connectivity index (χ3n) is 4.21. The van der Waals surface area contributed by atoms with Crippen molar-refractivity contribution in [2.75, 3.05) is 32.0 Å². The number of pyridine rings is 1. The number of aromatic nitrogens is 3. The van der Waals surface area contributed by atoms with E-state index in [1.807, 2.05) is 0 Å². The summed E-state index contributed by atoms with van der Waals surface area (Å²) >= 11 is 0. The molecule has 0 atom stereocenters. The van der Waals surface area contributed by atoms with Crippen LogP contribution in [0.25, 0.3) is 5.82 Å². The minimum Gasteiger partial charge on any atom is -0.341 e. The van der Waals surface area contributed by atoms with E-state index < -0.39 is 17.6 Å². The van der Waals surface area contributed by atoms with Gasteiger partial charge in [0.05, 0.1) is 18.1 Å². The second-order valence-corrected chi connectivity index (χ2v) is 6.15. The summed E-state index contributed by atoms with van der Waals surface area (Å²) in [6, 6.07) is 2.70. The third kappa shape index (κ3) is 4.27. The van der Waals surface area contributed by atoms with Crippen molar-refractivity contribution in [1.82, 2.24) is 24.6 Å². The number of likely N-dealkylation sites (N-methyl/N-ethyl adjacent to an activating group) is 1. The van der Waals surface area contributed by atoms with E-state index in [1.54, 1.807) is 4.90 Å². The smallest absolute Gasteiger partial charge is 0.313 e. The summed E-state index contributed by atoms with van der Waals surface area (Å²) in [7, 11) is 1.50. The van der Waals surface area contributed by atoms with Crippen LogP contribution in [0.15, 0.2) is 30.7 Å². The van der Waals surface area contributed by atoms with Crippen LogP contribution >= 0.6 is 0 Å². The first kappa shape index (κ1) is 18.5. The Labute approximate surface area is 154 Å². The molecule has 3 amide bonds. The largest absolute Gasteiger partial charge is 0.341 e. The van der Waals surface area contributed by atoms with Crippen LogP contribution in [0.1, 0.15) is 12.8 Å². The summed E-state index contributed by atoms with van der Waals surface area (Å²) in [5, 5.41) is 6.36. The van der Waals surface area contributed by atoms with Crippen molar-refractivity contribution in [1.29, 1.82) is 0 Å². The maximum absolute atomic E-state index is 13.7. The van der Waals surface area contributed by atoms with E-state index in [1.165, 1.54) is 42.7 Å². The molecule has 142 valence electrons. The normalized spacial score (nSPS) is 13.7.